The maximum atomic E-state index is 4.61. The molecular weight excluding hydrogens is 258 g/mol. The molecule has 0 aliphatic carbocycles. The second-order valence-electron chi connectivity index (χ2n) is 5.69. The van der Waals surface area contributed by atoms with Gasteiger partial charge in [0.05, 0.1) is 12.7 Å². The first-order valence-electron chi connectivity index (χ1n) is 8.04. The van der Waals surface area contributed by atoms with Crippen molar-refractivity contribution in [3.8, 4) is 0 Å². The second kappa shape index (κ2) is 7.99. The standard InChI is InChI=1S/C18H27N3/c1-4-6-18-17(12-19-11-5-2)13-20-21(18)14-16-9-7-15(3)8-10-16/h7-10,13,19H,4-6,11-12,14H2,1-3H3. The van der Waals surface area contributed by atoms with Gasteiger partial charge in [0, 0.05) is 17.8 Å². The number of hydrogen-bond donors (Lipinski definition) is 1. The summed E-state index contributed by atoms with van der Waals surface area (Å²) in [5.74, 6) is 0. The Morgan fingerprint density at radius 2 is 1.86 bits per heavy atom. The molecule has 0 unspecified atom stereocenters. The van der Waals surface area contributed by atoms with Gasteiger partial charge in [-0.05, 0) is 31.9 Å². The van der Waals surface area contributed by atoms with Crippen molar-refractivity contribution in [2.75, 3.05) is 6.54 Å². The van der Waals surface area contributed by atoms with Gasteiger partial charge < -0.3 is 5.32 Å². The largest absolute Gasteiger partial charge is 0.313 e. The Bertz CT molecular complexity index is 540. The van der Waals surface area contributed by atoms with Gasteiger partial charge in [0.15, 0.2) is 0 Å². The molecule has 3 nitrogen and oxygen atoms in total. The van der Waals surface area contributed by atoms with Gasteiger partial charge in [-0.15, -0.1) is 0 Å². The fourth-order valence-corrected chi connectivity index (χ4v) is 2.53. The predicted molar refractivity (Wildman–Crippen MR) is 88.5 cm³/mol. The van der Waals surface area contributed by atoms with E-state index in [2.05, 4.69) is 60.1 Å². The van der Waals surface area contributed by atoms with Gasteiger partial charge in [-0.2, -0.15) is 5.10 Å². The lowest BCUT2D eigenvalue weighted by atomic mass is 10.1. The predicted octanol–water partition coefficient (Wildman–Crippen LogP) is 3.69. The van der Waals surface area contributed by atoms with Crippen LogP contribution in [0.2, 0.25) is 0 Å². The van der Waals surface area contributed by atoms with Gasteiger partial charge >= 0.3 is 0 Å². The third-order valence-electron chi connectivity index (χ3n) is 3.72. The summed E-state index contributed by atoms with van der Waals surface area (Å²) >= 11 is 0. The van der Waals surface area contributed by atoms with Gasteiger partial charge in [-0.3, -0.25) is 4.68 Å². The summed E-state index contributed by atoms with van der Waals surface area (Å²) in [5, 5.41) is 8.09. The molecule has 1 heterocycles. The van der Waals surface area contributed by atoms with E-state index in [1.807, 2.05) is 6.20 Å². The molecule has 0 radical (unpaired) electrons. The molecule has 3 heteroatoms. The topological polar surface area (TPSA) is 29.9 Å². The Morgan fingerprint density at radius 3 is 2.52 bits per heavy atom. The van der Waals surface area contributed by atoms with Crippen molar-refractivity contribution in [1.29, 1.82) is 0 Å². The molecule has 0 amide bonds. The van der Waals surface area contributed by atoms with Crippen LogP contribution in [0.5, 0.6) is 0 Å². The Morgan fingerprint density at radius 1 is 1.10 bits per heavy atom. The van der Waals surface area contributed by atoms with Crippen LogP contribution in [0.1, 0.15) is 49.1 Å². The zero-order valence-electron chi connectivity index (χ0n) is 13.5. The van der Waals surface area contributed by atoms with Crippen LogP contribution in [-0.4, -0.2) is 16.3 Å². The van der Waals surface area contributed by atoms with Gasteiger partial charge in [0.1, 0.15) is 0 Å². The molecule has 21 heavy (non-hydrogen) atoms. The molecule has 2 rings (SSSR count). The second-order valence-corrected chi connectivity index (χ2v) is 5.69. The summed E-state index contributed by atoms with van der Waals surface area (Å²) in [6.45, 7) is 9.40. The Hall–Kier alpha value is -1.61. The fraction of sp³-hybridized carbons (Fsp3) is 0.500. The van der Waals surface area contributed by atoms with Crippen LogP contribution in [0.25, 0.3) is 0 Å². The molecule has 0 saturated heterocycles. The lowest BCUT2D eigenvalue weighted by Crippen LogP contribution is -2.15. The third kappa shape index (κ3) is 4.43. The van der Waals surface area contributed by atoms with E-state index in [4.69, 9.17) is 0 Å². The van der Waals surface area contributed by atoms with Gasteiger partial charge in [0.25, 0.3) is 0 Å². The molecular formula is C18H27N3. The number of aryl methyl sites for hydroxylation is 1. The first kappa shape index (κ1) is 15.8. The van der Waals surface area contributed by atoms with E-state index in [-0.39, 0.29) is 0 Å². The SMILES string of the molecule is CCCNCc1cnn(Cc2ccc(C)cc2)c1CCC. The minimum atomic E-state index is 0.864. The number of nitrogens with zero attached hydrogens (tertiary/aromatic N) is 2. The lowest BCUT2D eigenvalue weighted by Gasteiger charge is -2.10. The summed E-state index contributed by atoms with van der Waals surface area (Å²) < 4.78 is 2.16. The van der Waals surface area contributed by atoms with E-state index in [1.54, 1.807) is 0 Å². The van der Waals surface area contributed by atoms with E-state index in [9.17, 15) is 0 Å². The van der Waals surface area contributed by atoms with E-state index in [1.165, 1.54) is 28.8 Å². The molecule has 0 saturated carbocycles. The van der Waals surface area contributed by atoms with Gasteiger partial charge in [0.2, 0.25) is 0 Å². The Balaban J connectivity index is 2.12. The summed E-state index contributed by atoms with van der Waals surface area (Å²) in [4.78, 5) is 0. The van der Waals surface area contributed by atoms with Crippen molar-refractivity contribution in [3.05, 3.63) is 52.8 Å². The number of aromatic nitrogens is 2. The maximum Gasteiger partial charge on any atom is 0.0662 e. The fourth-order valence-electron chi connectivity index (χ4n) is 2.53. The molecule has 1 N–H and O–H groups in total. The minimum Gasteiger partial charge on any atom is -0.313 e. The summed E-state index contributed by atoms with van der Waals surface area (Å²) in [6.07, 6.45) is 5.44. The van der Waals surface area contributed by atoms with E-state index in [0.29, 0.717) is 0 Å². The smallest absolute Gasteiger partial charge is 0.0662 e. The van der Waals surface area contributed by atoms with E-state index >= 15 is 0 Å². The zero-order chi connectivity index (χ0) is 15.1. The maximum absolute atomic E-state index is 4.61. The molecule has 0 aliphatic rings. The molecule has 0 fully saturated rings. The lowest BCUT2D eigenvalue weighted by molar-refractivity contribution is 0.625. The summed E-state index contributed by atoms with van der Waals surface area (Å²) in [7, 11) is 0. The van der Waals surface area contributed by atoms with E-state index in [0.717, 1.165) is 32.5 Å². The van der Waals surface area contributed by atoms with Crippen LogP contribution in [0.3, 0.4) is 0 Å². The Kier molecular flexibility index (Phi) is 6.00. The third-order valence-corrected chi connectivity index (χ3v) is 3.72. The van der Waals surface area contributed by atoms with Gasteiger partial charge in [-0.1, -0.05) is 50.1 Å². The average Bonchev–Trinajstić information content (AvgIpc) is 2.85. The van der Waals surface area contributed by atoms with Crippen LogP contribution in [0.4, 0.5) is 0 Å². The highest BCUT2D eigenvalue weighted by molar-refractivity contribution is 5.24. The van der Waals surface area contributed by atoms with Crippen LogP contribution in [-0.2, 0) is 19.5 Å². The summed E-state index contributed by atoms with van der Waals surface area (Å²) in [5.41, 5.74) is 5.34. The highest BCUT2D eigenvalue weighted by Crippen LogP contribution is 2.14. The highest BCUT2D eigenvalue weighted by atomic mass is 15.3. The number of nitrogens with one attached hydrogen (secondary N) is 1. The van der Waals surface area contributed by atoms with Crippen molar-refractivity contribution in [2.45, 2.75) is 53.1 Å². The zero-order valence-corrected chi connectivity index (χ0v) is 13.5. The normalized spacial score (nSPS) is 11.0. The van der Waals surface area contributed by atoms with Crippen LogP contribution in [0.15, 0.2) is 30.5 Å². The average molecular weight is 285 g/mol. The van der Waals surface area contributed by atoms with Gasteiger partial charge in [-0.25, -0.2) is 0 Å². The molecule has 114 valence electrons. The molecule has 1 aromatic carbocycles. The highest BCUT2D eigenvalue weighted by Gasteiger charge is 2.10. The van der Waals surface area contributed by atoms with Crippen molar-refractivity contribution in [3.63, 3.8) is 0 Å². The molecule has 0 aliphatic heterocycles. The van der Waals surface area contributed by atoms with E-state index < -0.39 is 0 Å². The van der Waals surface area contributed by atoms with Crippen LogP contribution in [0, 0.1) is 6.92 Å². The molecule has 0 spiro atoms. The minimum absolute atomic E-state index is 0.864. The Labute approximate surface area is 128 Å². The molecule has 1 aromatic heterocycles. The molecule has 0 atom stereocenters. The first-order chi connectivity index (χ1) is 10.2. The van der Waals surface area contributed by atoms with Crippen molar-refractivity contribution in [2.24, 2.45) is 0 Å². The van der Waals surface area contributed by atoms with Crippen LogP contribution >= 0.6 is 0 Å². The van der Waals surface area contributed by atoms with Crippen molar-refractivity contribution < 1.29 is 0 Å². The number of hydrogen-bond acceptors (Lipinski definition) is 2. The monoisotopic (exact) mass is 285 g/mol. The molecule has 2 aromatic rings. The number of benzene rings is 1. The molecule has 0 bridgehead atoms. The number of rotatable bonds is 8. The first-order valence-corrected chi connectivity index (χ1v) is 8.04. The van der Waals surface area contributed by atoms with Crippen molar-refractivity contribution >= 4 is 0 Å². The quantitative estimate of drug-likeness (QED) is 0.750. The summed E-state index contributed by atoms with van der Waals surface area (Å²) in [6, 6.07) is 8.73. The van der Waals surface area contributed by atoms with Crippen molar-refractivity contribution in [1.82, 2.24) is 15.1 Å². The van der Waals surface area contributed by atoms with Crippen LogP contribution < -0.4 is 5.32 Å².